The first-order valence-electron chi connectivity index (χ1n) is 5.96. The van der Waals surface area contributed by atoms with Gasteiger partial charge >= 0.3 is 0 Å². The number of nitrogens with zero attached hydrogens (tertiary/aromatic N) is 2. The van der Waals surface area contributed by atoms with Crippen LogP contribution in [0.4, 0.5) is 0 Å². The van der Waals surface area contributed by atoms with Gasteiger partial charge in [0.05, 0.1) is 5.69 Å². The van der Waals surface area contributed by atoms with E-state index in [4.69, 9.17) is 0 Å². The zero-order valence-electron chi connectivity index (χ0n) is 10.6. The number of aromatic nitrogens is 2. The molecule has 0 saturated heterocycles. The van der Waals surface area contributed by atoms with Crippen LogP contribution in [-0.4, -0.2) is 16.8 Å². The van der Waals surface area contributed by atoms with Crippen molar-refractivity contribution in [2.24, 2.45) is 7.05 Å². The summed E-state index contributed by atoms with van der Waals surface area (Å²) in [7, 11) is 4.01. The fraction of sp³-hybridized carbons (Fsp3) is 0.462. The molecular weight excluding hydrogens is 230 g/mol. The lowest BCUT2D eigenvalue weighted by Crippen LogP contribution is -2.19. The Labute approximate surface area is 106 Å². The molecule has 0 aliphatic rings. The van der Waals surface area contributed by atoms with E-state index >= 15 is 0 Å². The lowest BCUT2D eigenvalue weighted by Gasteiger charge is -2.15. The highest BCUT2D eigenvalue weighted by molar-refractivity contribution is 7.09. The summed E-state index contributed by atoms with van der Waals surface area (Å²) >= 11 is 1.81. The Balaban J connectivity index is 2.22. The van der Waals surface area contributed by atoms with Crippen LogP contribution in [0.3, 0.4) is 0 Å². The second-order valence-electron chi connectivity index (χ2n) is 4.18. The van der Waals surface area contributed by atoms with Crippen molar-refractivity contribution in [3.63, 3.8) is 0 Å². The minimum atomic E-state index is 0.359. The number of nitrogens with one attached hydrogen (secondary N) is 1. The van der Waals surface area contributed by atoms with E-state index < -0.39 is 0 Å². The number of hydrogen-bond acceptors (Lipinski definition) is 3. The summed E-state index contributed by atoms with van der Waals surface area (Å²) in [5, 5.41) is 10.0. The van der Waals surface area contributed by atoms with Crippen molar-refractivity contribution in [3.8, 4) is 0 Å². The molecule has 17 heavy (non-hydrogen) atoms. The number of aryl methyl sites for hydroxylation is 2. The van der Waals surface area contributed by atoms with E-state index in [1.54, 1.807) is 0 Å². The Morgan fingerprint density at radius 3 is 2.94 bits per heavy atom. The molecule has 0 amide bonds. The van der Waals surface area contributed by atoms with E-state index in [1.165, 1.54) is 16.1 Å². The van der Waals surface area contributed by atoms with Gasteiger partial charge < -0.3 is 5.32 Å². The molecule has 92 valence electrons. The number of hydrogen-bond donors (Lipinski definition) is 1. The maximum atomic E-state index is 4.51. The first-order chi connectivity index (χ1) is 8.24. The largest absolute Gasteiger partial charge is 0.313 e. The first-order valence-corrected chi connectivity index (χ1v) is 6.84. The highest BCUT2D eigenvalue weighted by Gasteiger charge is 2.16. The number of thiophene rings is 1. The normalized spacial score (nSPS) is 12.9. The molecule has 4 heteroatoms. The quantitative estimate of drug-likeness (QED) is 0.882. The van der Waals surface area contributed by atoms with Crippen LogP contribution in [0.25, 0.3) is 0 Å². The highest BCUT2D eigenvalue weighted by Crippen LogP contribution is 2.23. The van der Waals surface area contributed by atoms with Crippen LogP contribution in [0, 0.1) is 0 Å². The molecule has 0 aliphatic carbocycles. The second kappa shape index (κ2) is 5.47. The summed E-state index contributed by atoms with van der Waals surface area (Å²) < 4.78 is 1.91. The third-order valence-corrected chi connectivity index (χ3v) is 3.88. The fourth-order valence-corrected chi connectivity index (χ4v) is 2.87. The van der Waals surface area contributed by atoms with Gasteiger partial charge in [0.15, 0.2) is 0 Å². The maximum absolute atomic E-state index is 4.51. The molecule has 2 aromatic heterocycles. The zero-order valence-corrected chi connectivity index (χ0v) is 11.4. The van der Waals surface area contributed by atoms with E-state index in [2.05, 4.69) is 41.0 Å². The molecule has 0 aliphatic heterocycles. The topological polar surface area (TPSA) is 29.9 Å². The van der Waals surface area contributed by atoms with Gasteiger partial charge in [0.2, 0.25) is 0 Å². The molecule has 3 nitrogen and oxygen atoms in total. The molecule has 0 radical (unpaired) electrons. The van der Waals surface area contributed by atoms with Crippen LogP contribution in [0.2, 0.25) is 0 Å². The molecule has 1 N–H and O–H groups in total. The van der Waals surface area contributed by atoms with Crippen LogP contribution in [0.15, 0.2) is 23.7 Å². The fourth-order valence-electron chi connectivity index (χ4n) is 2.12. The Morgan fingerprint density at radius 2 is 2.35 bits per heavy atom. The van der Waals surface area contributed by atoms with E-state index in [1.807, 2.05) is 30.1 Å². The molecule has 2 heterocycles. The van der Waals surface area contributed by atoms with E-state index in [0.29, 0.717) is 6.04 Å². The van der Waals surface area contributed by atoms with Crippen molar-refractivity contribution in [3.05, 3.63) is 39.8 Å². The van der Waals surface area contributed by atoms with Gasteiger partial charge in [-0.15, -0.1) is 11.3 Å². The summed E-state index contributed by atoms with van der Waals surface area (Å²) in [4.78, 5) is 1.41. The van der Waals surface area contributed by atoms with E-state index in [9.17, 15) is 0 Å². The summed E-state index contributed by atoms with van der Waals surface area (Å²) in [6.07, 6.45) is 4.15. The minimum Gasteiger partial charge on any atom is -0.313 e. The SMILES string of the molecule is CCc1nn(C)cc1C(Cc1cccs1)NC. The van der Waals surface area contributed by atoms with Gasteiger partial charge in [0, 0.05) is 36.1 Å². The van der Waals surface area contributed by atoms with Gasteiger partial charge in [-0.1, -0.05) is 13.0 Å². The highest BCUT2D eigenvalue weighted by atomic mass is 32.1. The molecule has 0 fully saturated rings. The average Bonchev–Trinajstić information content (AvgIpc) is 2.94. The van der Waals surface area contributed by atoms with Gasteiger partial charge in [-0.2, -0.15) is 5.10 Å². The Morgan fingerprint density at radius 1 is 1.53 bits per heavy atom. The monoisotopic (exact) mass is 249 g/mol. The van der Waals surface area contributed by atoms with Gasteiger partial charge in [0.25, 0.3) is 0 Å². The van der Waals surface area contributed by atoms with Crippen LogP contribution in [-0.2, 0) is 19.9 Å². The number of likely N-dealkylation sites (N-methyl/N-ethyl adjacent to an activating group) is 1. The molecular formula is C13H19N3S. The van der Waals surface area contributed by atoms with Crippen molar-refractivity contribution < 1.29 is 0 Å². The molecule has 2 rings (SSSR count). The number of rotatable bonds is 5. The Hall–Kier alpha value is -1.13. The van der Waals surface area contributed by atoms with Gasteiger partial charge in [0.1, 0.15) is 0 Å². The second-order valence-corrected chi connectivity index (χ2v) is 5.22. The van der Waals surface area contributed by atoms with E-state index in [-0.39, 0.29) is 0 Å². The summed E-state index contributed by atoms with van der Waals surface area (Å²) in [5.41, 5.74) is 2.52. The molecule has 1 unspecified atom stereocenters. The third-order valence-electron chi connectivity index (χ3n) is 2.98. The predicted molar refractivity (Wildman–Crippen MR) is 72.4 cm³/mol. The predicted octanol–water partition coefficient (Wildman–Crippen LogP) is 2.55. The first kappa shape index (κ1) is 12.3. The molecule has 1 atom stereocenters. The van der Waals surface area contributed by atoms with Crippen LogP contribution < -0.4 is 5.32 Å². The van der Waals surface area contributed by atoms with Gasteiger partial charge in [-0.25, -0.2) is 0 Å². The van der Waals surface area contributed by atoms with Crippen LogP contribution in [0.5, 0.6) is 0 Å². The summed E-state index contributed by atoms with van der Waals surface area (Å²) in [6.45, 7) is 2.16. The standard InChI is InChI=1S/C13H19N3S/c1-4-12-11(9-16(3)15-12)13(14-2)8-10-6-5-7-17-10/h5-7,9,13-14H,4,8H2,1-3H3. The molecule has 2 aromatic rings. The third kappa shape index (κ3) is 2.76. The smallest absolute Gasteiger partial charge is 0.0669 e. The molecule has 0 aromatic carbocycles. The van der Waals surface area contributed by atoms with E-state index in [0.717, 1.165) is 12.8 Å². The van der Waals surface area contributed by atoms with Gasteiger partial charge in [-0.3, -0.25) is 4.68 Å². The Kier molecular flexibility index (Phi) is 3.97. The zero-order chi connectivity index (χ0) is 12.3. The van der Waals surface area contributed by atoms with Crippen molar-refractivity contribution in [2.75, 3.05) is 7.05 Å². The Bertz CT molecular complexity index is 459. The summed E-state index contributed by atoms with van der Waals surface area (Å²) in [6, 6.07) is 4.66. The maximum Gasteiger partial charge on any atom is 0.0669 e. The van der Waals surface area contributed by atoms with Crippen LogP contribution in [0.1, 0.15) is 29.1 Å². The van der Waals surface area contributed by atoms with Gasteiger partial charge in [-0.05, 0) is 24.9 Å². The lowest BCUT2D eigenvalue weighted by molar-refractivity contribution is 0.591. The van der Waals surface area contributed by atoms with Crippen LogP contribution >= 0.6 is 11.3 Å². The average molecular weight is 249 g/mol. The molecule has 0 spiro atoms. The minimum absolute atomic E-state index is 0.359. The molecule has 0 saturated carbocycles. The summed E-state index contributed by atoms with van der Waals surface area (Å²) in [5.74, 6) is 0. The lowest BCUT2D eigenvalue weighted by atomic mass is 10.0. The van der Waals surface area contributed by atoms with Crippen molar-refractivity contribution >= 4 is 11.3 Å². The molecule has 0 bridgehead atoms. The van der Waals surface area contributed by atoms with Crippen molar-refractivity contribution in [1.29, 1.82) is 0 Å². The van der Waals surface area contributed by atoms with Crippen molar-refractivity contribution in [2.45, 2.75) is 25.8 Å². The van der Waals surface area contributed by atoms with Crippen molar-refractivity contribution in [1.82, 2.24) is 15.1 Å².